The SMILES string of the molecule is CCCCCCCCCC(CC)[N+](O)(CC)CC.[Cl-]. The Morgan fingerprint density at radius 2 is 1.26 bits per heavy atom. The molecule has 0 spiro atoms. The molecule has 0 aromatic carbocycles. The topological polar surface area (TPSA) is 20.2 Å². The van der Waals surface area contributed by atoms with Crippen LogP contribution in [0.4, 0.5) is 0 Å². The fraction of sp³-hybridized carbons (Fsp3) is 1.00. The van der Waals surface area contributed by atoms with E-state index in [1.54, 1.807) is 0 Å². The van der Waals surface area contributed by atoms with Gasteiger partial charge in [0.2, 0.25) is 0 Å². The lowest BCUT2D eigenvalue weighted by Gasteiger charge is -2.35. The second kappa shape index (κ2) is 13.2. The van der Waals surface area contributed by atoms with Crippen molar-refractivity contribution in [1.29, 1.82) is 0 Å². The summed E-state index contributed by atoms with van der Waals surface area (Å²) in [5, 5.41) is 10.5. The minimum atomic E-state index is 0. The van der Waals surface area contributed by atoms with E-state index in [-0.39, 0.29) is 17.1 Å². The number of hydroxylamine groups is 3. The van der Waals surface area contributed by atoms with Crippen molar-refractivity contribution in [1.82, 2.24) is 0 Å². The van der Waals surface area contributed by atoms with Crippen molar-refractivity contribution in [3.63, 3.8) is 0 Å². The molecule has 1 unspecified atom stereocenters. The Kier molecular flexibility index (Phi) is 14.9. The molecule has 3 heteroatoms. The van der Waals surface area contributed by atoms with Crippen LogP contribution in [-0.4, -0.2) is 29.0 Å². The summed E-state index contributed by atoms with van der Waals surface area (Å²) in [6, 6.07) is 0.440. The number of rotatable bonds is 12. The highest BCUT2D eigenvalue weighted by Crippen LogP contribution is 2.20. The maximum Gasteiger partial charge on any atom is 0.119 e. The first-order valence-corrected chi connectivity index (χ1v) is 8.24. The first kappa shape index (κ1) is 21.5. The van der Waals surface area contributed by atoms with Gasteiger partial charge in [-0.3, -0.25) is 0 Å². The van der Waals surface area contributed by atoms with Crippen LogP contribution in [0.25, 0.3) is 0 Å². The maximum atomic E-state index is 10.5. The van der Waals surface area contributed by atoms with Gasteiger partial charge < -0.3 is 12.4 Å². The van der Waals surface area contributed by atoms with E-state index in [4.69, 9.17) is 0 Å². The lowest BCUT2D eigenvalue weighted by atomic mass is 10.0. The Morgan fingerprint density at radius 1 is 0.789 bits per heavy atom. The average Bonchev–Trinajstić information content (AvgIpc) is 2.41. The van der Waals surface area contributed by atoms with Crippen molar-refractivity contribution in [2.24, 2.45) is 0 Å². The Balaban J connectivity index is 0. The van der Waals surface area contributed by atoms with E-state index < -0.39 is 0 Å². The molecule has 118 valence electrons. The van der Waals surface area contributed by atoms with Gasteiger partial charge >= 0.3 is 0 Å². The van der Waals surface area contributed by atoms with Gasteiger partial charge in [0, 0.05) is 6.42 Å². The summed E-state index contributed by atoms with van der Waals surface area (Å²) in [5.74, 6) is 0. The van der Waals surface area contributed by atoms with Crippen LogP contribution >= 0.6 is 0 Å². The predicted molar refractivity (Wildman–Crippen MR) is 79.8 cm³/mol. The van der Waals surface area contributed by atoms with E-state index in [2.05, 4.69) is 27.7 Å². The minimum absolute atomic E-state index is 0. The second-order valence-corrected chi connectivity index (χ2v) is 5.59. The van der Waals surface area contributed by atoms with Gasteiger partial charge in [-0.25, -0.2) is 5.21 Å². The number of quaternary nitrogens is 1. The third kappa shape index (κ3) is 8.88. The lowest BCUT2D eigenvalue weighted by Crippen LogP contribution is -3.00. The summed E-state index contributed by atoms with van der Waals surface area (Å²) in [6.45, 7) is 10.3. The highest BCUT2D eigenvalue weighted by molar-refractivity contribution is 4.57. The fourth-order valence-electron chi connectivity index (χ4n) is 2.86. The number of halogens is 1. The van der Waals surface area contributed by atoms with Crippen molar-refractivity contribution in [2.75, 3.05) is 13.1 Å². The van der Waals surface area contributed by atoms with Crippen LogP contribution in [0.1, 0.15) is 85.5 Å². The van der Waals surface area contributed by atoms with E-state index in [9.17, 15) is 5.21 Å². The molecule has 0 rings (SSSR count). The molecule has 0 radical (unpaired) electrons. The van der Waals surface area contributed by atoms with E-state index >= 15 is 0 Å². The monoisotopic (exact) mass is 293 g/mol. The molecule has 1 atom stereocenters. The zero-order chi connectivity index (χ0) is 13.9. The standard InChI is InChI=1S/C16H36NO.ClH/c1-5-9-10-11-12-13-14-15-16(6-2)17(18,7-3)8-4;/h16,18H,5-15H2,1-4H3;1H/q+1;/p-1. The largest absolute Gasteiger partial charge is 1.00 e. The van der Waals surface area contributed by atoms with Crippen molar-refractivity contribution < 1.29 is 22.3 Å². The summed E-state index contributed by atoms with van der Waals surface area (Å²) >= 11 is 0. The van der Waals surface area contributed by atoms with Crippen LogP contribution < -0.4 is 12.4 Å². The molecule has 0 aliphatic heterocycles. The number of hydrogen-bond acceptors (Lipinski definition) is 1. The molecule has 0 aliphatic rings. The number of hydrogen-bond donors (Lipinski definition) is 1. The van der Waals surface area contributed by atoms with Gasteiger partial charge in [-0.1, -0.05) is 52.4 Å². The van der Waals surface area contributed by atoms with Gasteiger partial charge in [0.15, 0.2) is 0 Å². The van der Waals surface area contributed by atoms with Gasteiger partial charge in [0.25, 0.3) is 0 Å². The van der Waals surface area contributed by atoms with Crippen molar-refractivity contribution in [3.05, 3.63) is 0 Å². The molecule has 0 heterocycles. The molecule has 0 aliphatic carbocycles. The summed E-state index contributed by atoms with van der Waals surface area (Å²) in [7, 11) is 0. The third-order valence-corrected chi connectivity index (χ3v) is 4.39. The Labute approximate surface area is 127 Å². The Morgan fingerprint density at radius 3 is 1.68 bits per heavy atom. The molecule has 0 bridgehead atoms. The van der Waals surface area contributed by atoms with Crippen LogP contribution in [0.5, 0.6) is 0 Å². The Bertz CT molecular complexity index is 184. The average molecular weight is 294 g/mol. The predicted octanol–water partition coefficient (Wildman–Crippen LogP) is 2.16. The van der Waals surface area contributed by atoms with Crippen LogP contribution in [0.15, 0.2) is 0 Å². The van der Waals surface area contributed by atoms with Gasteiger partial charge in [-0.15, -0.1) is 0 Å². The summed E-state index contributed by atoms with van der Waals surface area (Å²) in [5.41, 5.74) is 0. The lowest BCUT2D eigenvalue weighted by molar-refractivity contribution is -1.12. The van der Waals surface area contributed by atoms with Gasteiger partial charge in [0.05, 0.1) is 0 Å². The van der Waals surface area contributed by atoms with Gasteiger partial charge in [-0.2, -0.15) is 4.65 Å². The van der Waals surface area contributed by atoms with Gasteiger partial charge in [0.1, 0.15) is 19.1 Å². The molecule has 0 aromatic rings. The molecular formula is C16H36ClNO. The third-order valence-electron chi connectivity index (χ3n) is 4.39. The molecule has 1 N–H and O–H groups in total. The molecule has 0 fully saturated rings. The fourth-order valence-corrected chi connectivity index (χ4v) is 2.86. The van der Waals surface area contributed by atoms with Crippen LogP contribution in [0.2, 0.25) is 0 Å². The maximum absolute atomic E-state index is 10.5. The molecule has 2 nitrogen and oxygen atoms in total. The summed E-state index contributed by atoms with van der Waals surface area (Å²) in [4.78, 5) is 0. The first-order chi connectivity index (χ1) is 8.64. The molecule has 0 amide bonds. The van der Waals surface area contributed by atoms with Crippen LogP contribution in [-0.2, 0) is 0 Å². The first-order valence-electron chi connectivity index (χ1n) is 8.24. The van der Waals surface area contributed by atoms with Crippen LogP contribution in [0, 0.1) is 0 Å². The molecule has 0 saturated carbocycles. The zero-order valence-electron chi connectivity index (χ0n) is 13.6. The van der Waals surface area contributed by atoms with Gasteiger partial charge in [-0.05, 0) is 26.7 Å². The highest BCUT2D eigenvalue weighted by atomic mass is 35.5. The quantitative estimate of drug-likeness (QED) is 0.332. The number of unbranched alkanes of at least 4 members (excludes halogenated alkanes) is 6. The van der Waals surface area contributed by atoms with E-state index in [0.717, 1.165) is 19.5 Å². The van der Waals surface area contributed by atoms with Crippen molar-refractivity contribution in [3.8, 4) is 0 Å². The number of nitrogens with zero attached hydrogens (tertiary/aromatic N) is 1. The normalized spacial score (nSPS) is 13.1. The minimum Gasteiger partial charge on any atom is -1.00 e. The van der Waals surface area contributed by atoms with Crippen molar-refractivity contribution in [2.45, 2.75) is 91.5 Å². The molecule has 0 aromatic heterocycles. The van der Waals surface area contributed by atoms with E-state index in [0.29, 0.717) is 6.04 Å². The Hall–Kier alpha value is 0.210. The van der Waals surface area contributed by atoms with Crippen LogP contribution in [0.3, 0.4) is 0 Å². The molecular weight excluding hydrogens is 258 g/mol. The smallest absolute Gasteiger partial charge is 0.119 e. The summed E-state index contributed by atoms with van der Waals surface area (Å²) < 4.78 is 0.270. The zero-order valence-corrected chi connectivity index (χ0v) is 14.4. The van der Waals surface area contributed by atoms with E-state index in [1.807, 2.05) is 0 Å². The summed E-state index contributed by atoms with van der Waals surface area (Å²) in [6.07, 6.45) is 11.8. The van der Waals surface area contributed by atoms with Crippen molar-refractivity contribution >= 4 is 0 Å². The highest BCUT2D eigenvalue weighted by Gasteiger charge is 2.30. The second-order valence-electron chi connectivity index (χ2n) is 5.59. The molecule has 19 heavy (non-hydrogen) atoms. The molecule has 0 saturated heterocycles. The van der Waals surface area contributed by atoms with E-state index in [1.165, 1.54) is 51.4 Å².